The Hall–Kier alpha value is -1.57. The second kappa shape index (κ2) is 26.1. The Balaban J connectivity index is 1.61. The molecule has 234 valence electrons. The van der Waals surface area contributed by atoms with Gasteiger partial charge in [-0.15, -0.1) is 0 Å². The molecule has 0 amide bonds. The van der Waals surface area contributed by atoms with Gasteiger partial charge in [0.2, 0.25) is 0 Å². The van der Waals surface area contributed by atoms with Crippen LogP contribution in [0, 0.1) is 0 Å². The van der Waals surface area contributed by atoms with Crippen LogP contribution < -0.4 is 4.57 Å². The number of nitrogens with one attached hydrogen (secondary N) is 1. The maximum Gasteiger partial charge on any atom is 0.262 e. The molecule has 0 fully saturated rings. The van der Waals surface area contributed by atoms with Gasteiger partial charge < -0.3 is 0 Å². The summed E-state index contributed by atoms with van der Waals surface area (Å²) in [7, 11) is 0. The van der Waals surface area contributed by atoms with Crippen molar-refractivity contribution in [3.05, 3.63) is 48.5 Å². The van der Waals surface area contributed by atoms with Crippen LogP contribution in [0.2, 0.25) is 0 Å². The number of hydrogen-bond donors (Lipinski definition) is 1. The Morgan fingerprint density at radius 2 is 0.854 bits per heavy atom. The van der Waals surface area contributed by atoms with Crippen LogP contribution in [0.3, 0.4) is 0 Å². The first-order valence-electron chi connectivity index (χ1n) is 18.5. The number of H-pyrrole nitrogens is 1. The quantitative estimate of drug-likeness (QED) is 0.0747. The zero-order valence-corrected chi connectivity index (χ0v) is 27.7. The minimum atomic E-state index is 0.640. The monoisotopic (exact) mass is 566 g/mol. The first-order chi connectivity index (χ1) is 20.4. The molecule has 1 atom stereocenters. The van der Waals surface area contributed by atoms with Crippen molar-refractivity contribution in [3.8, 4) is 5.69 Å². The van der Waals surface area contributed by atoms with Gasteiger partial charge in [-0.2, -0.15) is 4.57 Å². The Morgan fingerprint density at radius 3 is 1.24 bits per heavy atom. The lowest BCUT2D eigenvalue weighted by molar-refractivity contribution is -0.604. The molecule has 0 aliphatic rings. The lowest BCUT2D eigenvalue weighted by Gasteiger charge is -2.14. The molecule has 2 heteroatoms. The molecule has 2 nitrogen and oxygen atoms in total. The molecular weight excluding hydrogens is 496 g/mol. The maximum atomic E-state index is 3.65. The van der Waals surface area contributed by atoms with E-state index in [1.807, 2.05) is 0 Å². The normalized spacial score (nSPS) is 12.2. The van der Waals surface area contributed by atoms with E-state index >= 15 is 0 Å². The number of hydrogen-bond acceptors (Lipinski definition) is 0. The van der Waals surface area contributed by atoms with E-state index in [0.717, 1.165) is 0 Å². The summed E-state index contributed by atoms with van der Waals surface area (Å²) in [6.07, 6.45) is 42.7. The van der Waals surface area contributed by atoms with Crippen LogP contribution in [0.25, 0.3) is 5.69 Å². The SMILES string of the molecule is CCCCCCCCCCCCCCCCCC[C@H](CCCCCCCCCCC)c1[nH]cc[n+]1-c1ccccc1. The third-order valence-electron chi connectivity index (χ3n) is 9.20. The van der Waals surface area contributed by atoms with E-state index in [9.17, 15) is 0 Å². The minimum Gasteiger partial charge on any atom is -0.247 e. The van der Waals surface area contributed by atoms with Gasteiger partial charge in [-0.05, 0) is 25.0 Å². The number of para-hydroxylation sites is 1. The summed E-state index contributed by atoms with van der Waals surface area (Å²) in [6, 6.07) is 10.9. The van der Waals surface area contributed by atoms with E-state index in [0.29, 0.717) is 5.92 Å². The highest BCUT2D eigenvalue weighted by atomic mass is 15.1. The fraction of sp³-hybridized carbons (Fsp3) is 0.769. The van der Waals surface area contributed by atoms with Gasteiger partial charge in [0.1, 0.15) is 18.1 Å². The van der Waals surface area contributed by atoms with Gasteiger partial charge in [0, 0.05) is 0 Å². The second-order valence-electron chi connectivity index (χ2n) is 13.0. The number of imidazole rings is 1. The van der Waals surface area contributed by atoms with Crippen LogP contribution in [0.5, 0.6) is 0 Å². The average Bonchev–Trinajstić information content (AvgIpc) is 3.49. The number of nitrogens with zero attached hydrogens (tertiary/aromatic N) is 1. The number of aromatic nitrogens is 2. The van der Waals surface area contributed by atoms with Crippen molar-refractivity contribution in [3.63, 3.8) is 0 Å². The van der Waals surface area contributed by atoms with Crippen LogP contribution in [0.15, 0.2) is 42.7 Å². The molecule has 0 saturated heterocycles. The summed E-state index contributed by atoms with van der Waals surface area (Å²) in [5.41, 5.74) is 1.29. The molecule has 0 unspecified atom stereocenters. The summed E-state index contributed by atoms with van der Waals surface area (Å²) in [5.74, 6) is 2.05. The molecule has 0 radical (unpaired) electrons. The molecule has 1 N–H and O–H groups in total. The van der Waals surface area contributed by atoms with Gasteiger partial charge >= 0.3 is 0 Å². The smallest absolute Gasteiger partial charge is 0.247 e. The third kappa shape index (κ3) is 17.9. The molecule has 2 aromatic rings. The molecule has 0 saturated carbocycles. The second-order valence-corrected chi connectivity index (χ2v) is 13.0. The van der Waals surface area contributed by atoms with Crippen molar-refractivity contribution in [2.45, 2.75) is 193 Å². The molecule has 0 aliphatic heterocycles. The number of benzene rings is 1. The molecular formula is C39H69N2+. The fourth-order valence-electron chi connectivity index (χ4n) is 6.53. The third-order valence-corrected chi connectivity index (χ3v) is 9.20. The summed E-state index contributed by atoms with van der Waals surface area (Å²) in [4.78, 5) is 3.65. The van der Waals surface area contributed by atoms with Crippen molar-refractivity contribution in [1.82, 2.24) is 4.98 Å². The van der Waals surface area contributed by atoms with E-state index in [-0.39, 0.29) is 0 Å². The number of aromatic amines is 1. The predicted octanol–water partition coefficient (Wildman–Crippen LogP) is 12.9. The van der Waals surface area contributed by atoms with Gasteiger partial charge in [0.05, 0.1) is 5.92 Å². The van der Waals surface area contributed by atoms with Gasteiger partial charge in [-0.1, -0.05) is 193 Å². The summed E-state index contributed by atoms with van der Waals surface area (Å²) >= 11 is 0. The van der Waals surface area contributed by atoms with Gasteiger partial charge in [-0.25, -0.2) is 4.98 Å². The lowest BCUT2D eigenvalue weighted by Crippen LogP contribution is -2.34. The Kier molecular flexibility index (Phi) is 22.7. The molecule has 1 aromatic carbocycles. The van der Waals surface area contributed by atoms with E-state index in [1.165, 1.54) is 185 Å². The highest BCUT2D eigenvalue weighted by Crippen LogP contribution is 2.27. The molecule has 1 heterocycles. The maximum absolute atomic E-state index is 3.65. The number of rotatable bonds is 29. The predicted molar refractivity (Wildman–Crippen MR) is 181 cm³/mol. The Bertz CT molecular complexity index is 795. The largest absolute Gasteiger partial charge is 0.262 e. The van der Waals surface area contributed by atoms with Crippen molar-refractivity contribution >= 4 is 0 Å². The molecule has 41 heavy (non-hydrogen) atoms. The molecule has 1 aromatic heterocycles. The van der Waals surface area contributed by atoms with Gasteiger partial charge in [0.15, 0.2) is 0 Å². The zero-order valence-electron chi connectivity index (χ0n) is 27.7. The van der Waals surface area contributed by atoms with Crippen LogP contribution >= 0.6 is 0 Å². The van der Waals surface area contributed by atoms with Crippen molar-refractivity contribution < 1.29 is 4.57 Å². The van der Waals surface area contributed by atoms with Gasteiger partial charge in [0.25, 0.3) is 5.82 Å². The van der Waals surface area contributed by atoms with Crippen LogP contribution in [-0.2, 0) is 0 Å². The zero-order chi connectivity index (χ0) is 29.1. The van der Waals surface area contributed by atoms with E-state index in [4.69, 9.17) is 0 Å². The summed E-state index contributed by atoms with van der Waals surface area (Å²) in [5, 5.41) is 0. The molecule has 2 rings (SSSR count). The van der Waals surface area contributed by atoms with Crippen molar-refractivity contribution in [2.75, 3.05) is 0 Å². The fourth-order valence-corrected chi connectivity index (χ4v) is 6.53. The first-order valence-corrected chi connectivity index (χ1v) is 18.5. The Morgan fingerprint density at radius 1 is 0.488 bits per heavy atom. The molecule has 0 aliphatic carbocycles. The van der Waals surface area contributed by atoms with E-state index in [2.05, 4.69) is 66.1 Å². The van der Waals surface area contributed by atoms with Gasteiger partial charge in [-0.3, -0.25) is 0 Å². The Labute approximate surface area is 256 Å². The van der Waals surface area contributed by atoms with Crippen LogP contribution in [0.1, 0.15) is 199 Å². The minimum absolute atomic E-state index is 0.640. The van der Waals surface area contributed by atoms with Crippen molar-refractivity contribution in [1.29, 1.82) is 0 Å². The van der Waals surface area contributed by atoms with Crippen LogP contribution in [0.4, 0.5) is 0 Å². The molecule has 0 spiro atoms. The van der Waals surface area contributed by atoms with Crippen molar-refractivity contribution in [2.24, 2.45) is 0 Å². The summed E-state index contributed by atoms with van der Waals surface area (Å²) in [6.45, 7) is 4.61. The summed E-state index contributed by atoms with van der Waals surface area (Å²) < 4.78 is 2.41. The highest BCUT2D eigenvalue weighted by Gasteiger charge is 2.23. The average molecular weight is 566 g/mol. The topological polar surface area (TPSA) is 19.7 Å². The lowest BCUT2D eigenvalue weighted by atomic mass is 9.93. The molecule has 0 bridgehead atoms. The first kappa shape index (κ1) is 35.6. The van der Waals surface area contributed by atoms with E-state index in [1.54, 1.807) is 0 Å². The standard InChI is InChI=1S/C39H68N2/c1-3-5-7-9-11-13-14-15-16-17-18-19-21-23-25-28-32-37(31-27-24-22-20-12-10-8-6-4-2)39-40-35-36-41(39)38-33-29-26-30-34-38/h26,29-30,33-37H,3-25,27-28,31-32H2,1-2H3/p+1/t37-/m0/s1. The number of unbranched alkanes of at least 4 members (excludes halogenated alkanes) is 23. The van der Waals surface area contributed by atoms with Crippen LogP contribution in [-0.4, -0.2) is 4.98 Å². The highest BCUT2D eigenvalue weighted by molar-refractivity contribution is 5.22. The van der Waals surface area contributed by atoms with E-state index < -0.39 is 0 Å².